The number of aliphatic imine (C=N–C) groups is 1. The van der Waals surface area contributed by atoms with E-state index in [2.05, 4.69) is 150 Å². The van der Waals surface area contributed by atoms with Crippen LogP contribution in [0.4, 0.5) is 0 Å². The maximum Gasteiger partial charge on any atom is 0.0708 e. The number of benzene rings is 6. The van der Waals surface area contributed by atoms with Gasteiger partial charge in [0.15, 0.2) is 0 Å². The molecule has 0 saturated carbocycles. The van der Waals surface area contributed by atoms with Gasteiger partial charge in [0, 0.05) is 61.0 Å². The molecule has 9 rings (SSSR count). The quantitative estimate of drug-likeness (QED) is 0.122. The summed E-state index contributed by atoms with van der Waals surface area (Å²) in [4.78, 5) is 9.34. The summed E-state index contributed by atoms with van der Waals surface area (Å²) in [7, 11) is 1.84. The molecule has 3 nitrogen and oxygen atoms in total. The number of allylic oxidation sites excluding steroid dienone is 3. The van der Waals surface area contributed by atoms with Crippen molar-refractivity contribution in [2.24, 2.45) is 4.99 Å². The first-order valence-electron chi connectivity index (χ1n) is 17.1. The van der Waals surface area contributed by atoms with Crippen LogP contribution in [0.1, 0.15) is 5.56 Å². The molecule has 0 aliphatic carbocycles. The van der Waals surface area contributed by atoms with Gasteiger partial charge < -0.3 is 4.57 Å². The second-order valence-electron chi connectivity index (χ2n) is 12.6. The maximum atomic E-state index is 4.70. The van der Waals surface area contributed by atoms with E-state index >= 15 is 0 Å². The molecule has 6 aromatic carbocycles. The van der Waals surface area contributed by atoms with Gasteiger partial charge in [-0.3, -0.25) is 9.98 Å². The smallest absolute Gasteiger partial charge is 0.0708 e. The van der Waals surface area contributed by atoms with Crippen molar-refractivity contribution in [2.75, 3.05) is 7.05 Å². The molecule has 0 aliphatic heterocycles. The molecule has 9 aromatic rings. The molecule has 0 spiro atoms. The van der Waals surface area contributed by atoms with Gasteiger partial charge in [-0.05, 0) is 89.0 Å². The molecule has 0 radical (unpaired) electrons. The Morgan fingerprint density at radius 3 is 2.04 bits per heavy atom. The van der Waals surface area contributed by atoms with Crippen molar-refractivity contribution in [3.05, 3.63) is 182 Å². The molecule has 0 N–H and O–H groups in total. The van der Waals surface area contributed by atoms with Crippen LogP contribution >= 0.6 is 11.3 Å². The van der Waals surface area contributed by atoms with Gasteiger partial charge in [-0.25, -0.2) is 0 Å². The van der Waals surface area contributed by atoms with Crippen LogP contribution in [0.3, 0.4) is 0 Å². The van der Waals surface area contributed by atoms with Gasteiger partial charge in [-0.15, -0.1) is 11.3 Å². The molecule has 0 fully saturated rings. The third kappa shape index (κ3) is 5.29. The summed E-state index contributed by atoms with van der Waals surface area (Å²) in [6.45, 7) is 3.86. The van der Waals surface area contributed by atoms with E-state index < -0.39 is 0 Å². The molecule has 3 heterocycles. The van der Waals surface area contributed by atoms with E-state index in [0.29, 0.717) is 0 Å². The number of fused-ring (bicyclic) bond motifs is 6. The van der Waals surface area contributed by atoms with Gasteiger partial charge in [0.05, 0.1) is 22.4 Å². The van der Waals surface area contributed by atoms with Gasteiger partial charge in [0.1, 0.15) is 0 Å². The lowest BCUT2D eigenvalue weighted by Crippen LogP contribution is -1.99. The number of hydrogen-bond acceptors (Lipinski definition) is 3. The fraction of sp³-hybridized carbons (Fsp3) is 0.0213. The molecule has 0 amide bonds. The normalized spacial score (nSPS) is 12.1. The lowest BCUT2D eigenvalue weighted by molar-refractivity contribution is 1.19. The Morgan fingerprint density at radius 2 is 1.29 bits per heavy atom. The average Bonchev–Trinajstić information content (AvgIpc) is 3.73. The van der Waals surface area contributed by atoms with E-state index in [-0.39, 0.29) is 0 Å². The fourth-order valence-corrected chi connectivity index (χ4v) is 8.46. The molecule has 0 unspecified atom stereocenters. The van der Waals surface area contributed by atoms with E-state index in [1.54, 1.807) is 6.08 Å². The average molecular weight is 672 g/mol. The van der Waals surface area contributed by atoms with E-state index in [9.17, 15) is 0 Å². The van der Waals surface area contributed by atoms with Gasteiger partial charge in [0.25, 0.3) is 0 Å². The van der Waals surface area contributed by atoms with Crippen LogP contribution in [0, 0.1) is 0 Å². The molecular weight excluding hydrogens is 639 g/mol. The predicted molar refractivity (Wildman–Crippen MR) is 220 cm³/mol. The zero-order valence-electron chi connectivity index (χ0n) is 28.1. The lowest BCUT2D eigenvalue weighted by atomic mass is 9.94. The van der Waals surface area contributed by atoms with Crippen LogP contribution in [0.5, 0.6) is 0 Å². The van der Waals surface area contributed by atoms with Crippen molar-refractivity contribution >= 4 is 59.0 Å². The predicted octanol–water partition coefficient (Wildman–Crippen LogP) is 12.7. The Labute approximate surface area is 300 Å². The van der Waals surface area contributed by atoms with Crippen molar-refractivity contribution < 1.29 is 0 Å². The first-order valence-corrected chi connectivity index (χ1v) is 17.9. The molecule has 0 bridgehead atoms. The Bertz CT molecular complexity index is 2830. The number of thiophene rings is 1. The van der Waals surface area contributed by atoms with E-state index in [0.717, 1.165) is 61.5 Å². The summed E-state index contributed by atoms with van der Waals surface area (Å²) in [5, 5.41) is 4.98. The second kappa shape index (κ2) is 12.8. The highest BCUT2D eigenvalue weighted by Gasteiger charge is 2.18. The number of pyridine rings is 1. The minimum absolute atomic E-state index is 0.915. The molecule has 4 heteroatoms. The fourth-order valence-electron chi connectivity index (χ4n) is 7.37. The molecule has 3 aromatic heterocycles. The van der Waals surface area contributed by atoms with Crippen LogP contribution in [0.2, 0.25) is 0 Å². The van der Waals surface area contributed by atoms with Crippen LogP contribution < -0.4 is 0 Å². The van der Waals surface area contributed by atoms with Gasteiger partial charge >= 0.3 is 0 Å². The van der Waals surface area contributed by atoms with Gasteiger partial charge in [-0.1, -0.05) is 104 Å². The number of rotatable bonds is 7. The monoisotopic (exact) mass is 671 g/mol. The summed E-state index contributed by atoms with van der Waals surface area (Å²) in [5.41, 5.74) is 12.1. The summed E-state index contributed by atoms with van der Waals surface area (Å²) in [6.07, 6.45) is 7.60. The zero-order valence-corrected chi connectivity index (χ0v) is 28.9. The second-order valence-corrected chi connectivity index (χ2v) is 13.7. The zero-order chi connectivity index (χ0) is 34.3. The SMILES string of the molecule is C=C/C=C\C(=NC)c1ccccc1-c1ccc2c(c1)c1cc(-c3ccccc3-c3ccccn3)ccc1n2-c1ccc2sc3ccccc3c2c1. The Hall–Kier alpha value is -6.36. The van der Waals surface area contributed by atoms with Crippen LogP contribution in [-0.4, -0.2) is 22.3 Å². The van der Waals surface area contributed by atoms with Crippen molar-refractivity contribution in [3.8, 4) is 39.2 Å². The summed E-state index contributed by atoms with van der Waals surface area (Å²) in [6, 6.07) is 52.5. The van der Waals surface area contributed by atoms with Gasteiger partial charge in [-0.2, -0.15) is 0 Å². The standard InChI is InChI=1S/C47H33N3S/c1-3-4-18-42(48-2)36-15-7-5-13-34(36)31-21-24-44-39(28-31)40-29-32(35-14-6-8-16-37(35)43-19-11-12-27-49-43)22-25-45(40)50(44)33-23-26-47-41(30-33)38-17-9-10-20-46(38)51-47/h3-30H,1H2,2H3/b18-4-,48-42?. The molecular formula is C47H33N3S. The topological polar surface area (TPSA) is 30.2 Å². The van der Waals surface area contributed by atoms with Crippen molar-refractivity contribution in [1.29, 1.82) is 0 Å². The van der Waals surface area contributed by atoms with E-state index in [1.165, 1.54) is 30.9 Å². The Kier molecular flexibility index (Phi) is 7.72. The minimum atomic E-state index is 0.915. The van der Waals surface area contributed by atoms with E-state index in [1.807, 2.05) is 48.9 Å². The Balaban J connectivity index is 1.31. The first kappa shape index (κ1) is 30.7. The molecule has 51 heavy (non-hydrogen) atoms. The third-order valence-electron chi connectivity index (χ3n) is 9.71. The minimum Gasteiger partial charge on any atom is -0.309 e. The lowest BCUT2D eigenvalue weighted by Gasteiger charge is -2.11. The molecule has 0 aliphatic rings. The van der Waals surface area contributed by atoms with Crippen LogP contribution in [-0.2, 0) is 0 Å². The van der Waals surface area contributed by atoms with Crippen LogP contribution in [0.25, 0.3) is 81.2 Å². The molecule has 0 atom stereocenters. The Morgan fingerprint density at radius 1 is 0.627 bits per heavy atom. The van der Waals surface area contributed by atoms with Crippen LogP contribution in [0.15, 0.2) is 182 Å². The van der Waals surface area contributed by atoms with Crippen molar-refractivity contribution in [1.82, 2.24) is 9.55 Å². The number of hydrogen-bond donors (Lipinski definition) is 0. The highest BCUT2D eigenvalue weighted by molar-refractivity contribution is 7.25. The summed E-state index contributed by atoms with van der Waals surface area (Å²) < 4.78 is 5.03. The van der Waals surface area contributed by atoms with Crippen molar-refractivity contribution in [3.63, 3.8) is 0 Å². The highest BCUT2D eigenvalue weighted by atomic mass is 32.1. The molecule has 0 saturated heterocycles. The third-order valence-corrected chi connectivity index (χ3v) is 10.9. The van der Waals surface area contributed by atoms with Gasteiger partial charge in [0.2, 0.25) is 0 Å². The highest BCUT2D eigenvalue weighted by Crippen LogP contribution is 2.41. The van der Waals surface area contributed by atoms with Crippen molar-refractivity contribution in [2.45, 2.75) is 0 Å². The molecule has 242 valence electrons. The van der Waals surface area contributed by atoms with E-state index in [4.69, 9.17) is 4.98 Å². The largest absolute Gasteiger partial charge is 0.309 e. The first-order chi connectivity index (χ1) is 25.2. The summed E-state index contributed by atoms with van der Waals surface area (Å²) >= 11 is 1.85. The summed E-state index contributed by atoms with van der Waals surface area (Å²) in [5.74, 6) is 0. The number of aromatic nitrogens is 2. The maximum absolute atomic E-state index is 4.70. The number of nitrogens with zero attached hydrogens (tertiary/aromatic N) is 3.